The highest BCUT2D eigenvalue weighted by molar-refractivity contribution is 5.83. The minimum atomic E-state index is -0.424. The highest BCUT2D eigenvalue weighted by Crippen LogP contribution is 2.37. The first-order valence-corrected chi connectivity index (χ1v) is 9.57. The van der Waals surface area contributed by atoms with Crippen LogP contribution in [-0.2, 0) is 9.53 Å². The third-order valence-corrected chi connectivity index (χ3v) is 4.53. The van der Waals surface area contributed by atoms with Gasteiger partial charge in [0.15, 0.2) is 11.5 Å². The lowest BCUT2D eigenvalue weighted by Crippen LogP contribution is -2.18. The molecule has 0 heterocycles. The molecule has 152 valence electrons. The van der Waals surface area contributed by atoms with Gasteiger partial charge < -0.3 is 18.9 Å². The van der Waals surface area contributed by atoms with Crippen LogP contribution in [0.1, 0.15) is 31.9 Å². The summed E-state index contributed by atoms with van der Waals surface area (Å²) in [7, 11) is 3.04. The van der Waals surface area contributed by atoms with E-state index in [4.69, 9.17) is 18.9 Å². The van der Waals surface area contributed by atoms with E-state index in [1.54, 1.807) is 18.2 Å². The topological polar surface area (TPSA) is 54.0 Å². The van der Waals surface area contributed by atoms with Crippen molar-refractivity contribution in [1.82, 2.24) is 0 Å². The number of benzene rings is 3. The van der Waals surface area contributed by atoms with Crippen molar-refractivity contribution >= 4 is 16.7 Å². The number of hydrogen-bond donors (Lipinski definition) is 0. The number of ether oxygens (including phenoxy) is 4. The fourth-order valence-corrected chi connectivity index (χ4v) is 3.21. The van der Waals surface area contributed by atoms with Gasteiger partial charge in [-0.15, -0.1) is 0 Å². The van der Waals surface area contributed by atoms with E-state index in [-0.39, 0.29) is 18.3 Å². The number of carbonyl (C=O) groups is 1. The van der Waals surface area contributed by atoms with Gasteiger partial charge in [-0.25, -0.2) is 0 Å². The van der Waals surface area contributed by atoms with Crippen LogP contribution in [-0.4, -0.2) is 26.3 Å². The number of para-hydroxylation sites is 1. The van der Waals surface area contributed by atoms with Gasteiger partial charge in [-0.05, 0) is 48.4 Å². The van der Waals surface area contributed by atoms with Crippen LogP contribution in [0.5, 0.6) is 17.2 Å². The van der Waals surface area contributed by atoms with Gasteiger partial charge in [-0.1, -0.05) is 42.5 Å². The largest absolute Gasteiger partial charge is 0.493 e. The summed E-state index contributed by atoms with van der Waals surface area (Å²) in [6, 6.07) is 19.4. The van der Waals surface area contributed by atoms with E-state index in [0.717, 1.165) is 16.3 Å². The smallest absolute Gasteiger partial charge is 0.314 e. The van der Waals surface area contributed by atoms with Crippen LogP contribution in [0.2, 0.25) is 0 Å². The summed E-state index contributed by atoms with van der Waals surface area (Å²) in [5.74, 6) is 0.713. The summed E-state index contributed by atoms with van der Waals surface area (Å²) in [5, 5.41) is 2.24. The Hall–Kier alpha value is -3.05. The Morgan fingerprint density at radius 3 is 2.14 bits per heavy atom. The highest BCUT2D eigenvalue weighted by atomic mass is 16.6. The molecule has 5 nitrogen and oxygen atoms in total. The number of carbonyl (C=O) groups excluding carboxylic acids is 1. The zero-order chi connectivity index (χ0) is 20.8. The maximum absolute atomic E-state index is 12.8. The molecule has 0 spiro atoms. The molecule has 0 aromatic heterocycles. The lowest BCUT2D eigenvalue weighted by molar-refractivity contribution is -0.138. The van der Waals surface area contributed by atoms with Gasteiger partial charge >= 0.3 is 5.97 Å². The van der Waals surface area contributed by atoms with Crippen molar-refractivity contribution in [3.05, 3.63) is 66.2 Å². The molecule has 0 aliphatic carbocycles. The summed E-state index contributed by atoms with van der Waals surface area (Å²) >= 11 is 0. The average Bonchev–Trinajstić information content (AvgIpc) is 2.72. The number of fused-ring (bicyclic) bond motifs is 1. The Bertz CT molecular complexity index is 958. The van der Waals surface area contributed by atoms with E-state index in [2.05, 4.69) is 12.1 Å². The Morgan fingerprint density at radius 2 is 1.52 bits per heavy atom. The molecular weight excluding hydrogens is 368 g/mol. The predicted octanol–water partition coefficient (Wildman–Crippen LogP) is 5.32. The van der Waals surface area contributed by atoms with Crippen molar-refractivity contribution in [2.45, 2.75) is 32.5 Å². The van der Waals surface area contributed by atoms with E-state index < -0.39 is 12.1 Å². The normalized spacial score (nSPS) is 12.0. The fraction of sp³-hybridized carbons (Fsp3) is 0.292. The van der Waals surface area contributed by atoms with Crippen LogP contribution in [0.4, 0.5) is 0 Å². The van der Waals surface area contributed by atoms with Crippen molar-refractivity contribution in [3.8, 4) is 17.2 Å². The minimum Gasteiger partial charge on any atom is -0.493 e. The van der Waals surface area contributed by atoms with Crippen LogP contribution >= 0.6 is 0 Å². The molecule has 0 amide bonds. The van der Waals surface area contributed by atoms with Gasteiger partial charge in [0.2, 0.25) is 5.75 Å². The maximum Gasteiger partial charge on any atom is 0.314 e. The van der Waals surface area contributed by atoms with Crippen LogP contribution in [0.15, 0.2) is 60.7 Å². The third kappa shape index (κ3) is 5.06. The Balaban J connectivity index is 1.84. The maximum atomic E-state index is 12.8. The van der Waals surface area contributed by atoms with E-state index in [1.807, 2.05) is 44.2 Å². The van der Waals surface area contributed by atoms with E-state index in [1.165, 1.54) is 14.2 Å². The molecule has 0 aliphatic heterocycles. The summed E-state index contributed by atoms with van der Waals surface area (Å²) < 4.78 is 22.3. The molecule has 0 saturated heterocycles. The van der Waals surface area contributed by atoms with Crippen LogP contribution in [0.25, 0.3) is 10.8 Å². The molecule has 0 saturated carbocycles. The Kier molecular flexibility index (Phi) is 6.73. The molecule has 0 unspecified atom stereocenters. The molecule has 29 heavy (non-hydrogen) atoms. The fourth-order valence-electron chi connectivity index (χ4n) is 3.21. The van der Waals surface area contributed by atoms with E-state index in [9.17, 15) is 4.79 Å². The second kappa shape index (κ2) is 9.43. The number of esters is 1. The molecule has 3 rings (SSSR count). The van der Waals surface area contributed by atoms with Gasteiger partial charge in [0, 0.05) is 0 Å². The van der Waals surface area contributed by atoms with Gasteiger partial charge in [-0.3, -0.25) is 4.79 Å². The van der Waals surface area contributed by atoms with Crippen LogP contribution in [0.3, 0.4) is 0 Å². The van der Waals surface area contributed by atoms with Gasteiger partial charge in [-0.2, -0.15) is 0 Å². The van der Waals surface area contributed by atoms with Crippen molar-refractivity contribution in [2.75, 3.05) is 14.2 Å². The second-order valence-corrected chi connectivity index (χ2v) is 6.95. The van der Waals surface area contributed by atoms with Gasteiger partial charge in [0.1, 0.15) is 0 Å². The second-order valence-electron chi connectivity index (χ2n) is 6.95. The first kappa shape index (κ1) is 20.7. The standard InChI is InChI=1S/C24H26O5/c1-16(2)28-22(19-13-12-17-8-5-6-9-18(17)14-19)15-23(25)29-24-20(26-3)10-7-11-21(24)27-4/h5-14,16,22H,15H2,1-4H3/t22-/m0/s1. The molecule has 3 aromatic rings. The number of rotatable bonds is 8. The molecular formula is C24H26O5. The lowest BCUT2D eigenvalue weighted by atomic mass is 10.0. The van der Waals surface area contributed by atoms with Crippen molar-refractivity contribution in [1.29, 1.82) is 0 Å². The monoisotopic (exact) mass is 394 g/mol. The summed E-state index contributed by atoms with van der Waals surface area (Å²) in [6.07, 6.45) is -0.398. The highest BCUT2D eigenvalue weighted by Gasteiger charge is 2.22. The molecule has 1 atom stereocenters. The van der Waals surface area contributed by atoms with Gasteiger partial charge in [0.05, 0.1) is 32.8 Å². The zero-order valence-electron chi connectivity index (χ0n) is 17.2. The predicted molar refractivity (Wildman–Crippen MR) is 113 cm³/mol. The third-order valence-electron chi connectivity index (χ3n) is 4.53. The number of hydrogen-bond acceptors (Lipinski definition) is 5. The zero-order valence-corrected chi connectivity index (χ0v) is 17.2. The first-order chi connectivity index (χ1) is 14.0. The Labute approximate surface area is 171 Å². The SMILES string of the molecule is COc1cccc(OC)c1OC(=O)C[C@H](OC(C)C)c1ccc2ccccc2c1. The van der Waals surface area contributed by atoms with Crippen molar-refractivity contribution in [3.63, 3.8) is 0 Å². The molecule has 3 aromatic carbocycles. The molecule has 0 radical (unpaired) electrons. The Morgan fingerprint density at radius 1 is 0.862 bits per heavy atom. The summed E-state index contributed by atoms with van der Waals surface area (Å²) in [5.41, 5.74) is 0.932. The van der Waals surface area contributed by atoms with Crippen LogP contribution in [0, 0.1) is 0 Å². The molecule has 0 N–H and O–H groups in total. The minimum absolute atomic E-state index is 0.0416. The van der Waals surface area contributed by atoms with E-state index in [0.29, 0.717) is 11.5 Å². The first-order valence-electron chi connectivity index (χ1n) is 9.57. The van der Waals surface area contributed by atoms with Gasteiger partial charge in [0.25, 0.3) is 0 Å². The van der Waals surface area contributed by atoms with Crippen molar-refractivity contribution in [2.24, 2.45) is 0 Å². The van der Waals surface area contributed by atoms with Crippen LogP contribution < -0.4 is 14.2 Å². The summed E-state index contributed by atoms with van der Waals surface area (Å²) in [6.45, 7) is 3.89. The summed E-state index contributed by atoms with van der Waals surface area (Å²) in [4.78, 5) is 12.8. The van der Waals surface area contributed by atoms with E-state index >= 15 is 0 Å². The lowest BCUT2D eigenvalue weighted by Gasteiger charge is -2.21. The molecule has 0 aliphatic rings. The van der Waals surface area contributed by atoms with Crippen molar-refractivity contribution < 1.29 is 23.7 Å². The quantitative estimate of drug-likeness (QED) is 0.382. The number of methoxy groups -OCH3 is 2. The molecule has 0 bridgehead atoms. The average molecular weight is 394 g/mol. The molecule has 0 fully saturated rings. The molecule has 5 heteroatoms.